The second-order valence-electron chi connectivity index (χ2n) is 6.56. The first-order chi connectivity index (χ1) is 16.0. The van der Waals surface area contributed by atoms with Crippen molar-refractivity contribution in [3.8, 4) is 23.0 Å². The number of hydrogen-bond donors (Lipinski definition) is 1. The van der Waals surface area contributed by atoms with E-state index in [-0.39, 0.29) is 6.61 Å². The highest BCUT2D eigenvalue weighted by Crippen LogP contribution is 2.28. The quantitative estimate of drug-likeness (QED) is 0.199. The third-order valence-corrected chi connectivity index (χ3v) is 4.82. The Morgan fingerprint density at radius 3 is 2.24 bits per heavy atom. The molecule has 0 unspecified atom stereocenters. The molecule has 1 amide bonds. The zero-order chi connectivity index (χ0) is 23.6. The fourth-order valence-electron chi connectivity index (χ4n) is 2.64. The number of esters is 1. The third kappa shape index (κ3) is 7.08. The minimum Gasteiger partial charge on any atom is -0.493 e. The number of methoxy groups -OCH3 is 2. The number of carbonyl (C=O) groups is 2. The number of carbonyl (C=O) groups excluding carboxylic acids is 2. The first-order valence-electron chi connectivity index (χ1n) is 9.73. The fourth-order valence-corrected chi connectivity index (χ4v) is 2.91. The molecule has 0 bridgehead atoms. The molecule has 9 heteroatoms. The van der Waals surface area contributed by atoms with Gasteiger partial charge in [-0.3, -0.25) is 4.79 Å². The Hall–Kier alpha value is -3.85. The van der Waals surface area contributed by atoms with Crippen LogP contribution in [0.4, 0.5) is 0 Å². The van der Waals surface area contributed by atoms with Gasteiger partial charge in [0.25, 0.3) is 5.91 Å². The Kier molecular flexibility index (Phi) is 8.43. The summed E-state index contributed by atoms with van der Waals surface area (Å²) in [7, 11) is 3.01. The van der Waals surface area contributed by atoms with Gasteiger partial charge in [-0.15, -0.1) is 0 Å². The molecule has 0 fully saturated rings. The summed E-state index contributed by atoms with van der Waals surface area (Å²) >= 11 is 3.33. The molecular formula is C24H21BrN2O6. The maximum absolute atomic E-state index is 12.4. The maximum Gasteiger partial charge on any atom is 0.343 e. The lowest BCUT2D eigenvalue weighted by Gasteiger charge is -2.09. The van der Waals surface area contributed by atoms with Gasteiger partial charge in [-0.25, -0.2) is 10.2 Å². The van der Waals surface area contributed by atoms with Crippen molar-refractivity contribution in [1.82, 2.24) is 5.43 Å². The van der Waals surface area contributed by atoms with Crippen LogP contribution in [0.15, 0.2) is 76.3 Å². The summed E-state index contributed by atoms with van der Waals surface area (Å²) in [6.45, 7) is -0.163. The van der Waals surface area contributed by atoms with Gasteiger partial charge >= 0.3 is 5.97 Å². The van der Waals surface area contributed by atoms with Crippen molar-refractivity contribution < 1.29 is 28.5 Å². The monoisotopic (exact) mass is 512 g/mol. The molecule has 3 aromatic rings. The number of ether oxygens (including phenoxy) is 4. The van der Waals surface area contributed by atoms with Crippen LogP contribution in [0.5, 0.6) is 23.0 Å². The summed E-state index contributed by atoms with van der Waals surface area (Å²) in [5.41, 5.74) is 3.42. The SMILES string of the molecule is COc1ccc(C(=O)Oc2ccc(/C=N/NC(=O)COc3ccc(Br)cc3)cc2)cc1OC. The number of nitrogens with zero attached hydrogens (tertiary/aromatic N) is 1. The Morgan fingerprint density at radius 1 is 0.909 bits per heavy atom. The molecule has 0 heterocycles. The van der Waals surface area contributed by atoms with Crippen molar-refractivity contribution in [1.29, 1.82) is 0 Å². The van der Waals surface area contributed by atoms with Crippen LogP contribution in [0.3, 0.4) is 0 Å². The molecule has 0 aliphatic carbocycles. The molecule has 0 aromatic heterocycles. The van der Waals surface area contributed by atoms with Gasteiger partial charge < -0.3 is 18.9 Å². The van der Waals surface area contributed by atoms with Crippen LogP contribution in [0, 0.1) is 0 Å². The normalized spacial score (nSPS) is 10.5. The van der Waals surface area contributed by atoms with E-state index < -0.39 is 11.9 Å². The molecule has 8 nitrogen and oxygen atoms in total. The predicted octanol–water partition coefficient (Wildman–Crippen LogP) is 4.21. The molecule has 33 heavy (non-hydrogen) atoms. The number of hydrazone groups is 1. The number of amides is 1. The second kappa shape index (κ2) is 11.7. The van der Waals surface area contributed by atoms with E-state index in [1.807, 2.05) is 12.1 Å². The minimum absolute atomic E-state index is 0.163. The highest BCUT2D eigenvalue weighted by atomic mass is 79.9. The molecule has 0 radical (unpaired) electrons. The van der Waals surface area contributed by atoms with Gasteiger partial charge in [0.1, 0.15) is 11.5 Å². The summed E-state index contributed by atoms with van der Waals surface area (Å²) in [5.74, 6) is 0.965. The van der Waals surface area contributed by atoms with Gasteiger partial charge in [0.15, 0.2) is 18.1 Å². The summed E-state index contributed by atoms with van der Waals surface area (Å²) < 4.78 is 22.0. The number of nitrogens with one attached hydrogen (secondary N) is 1. The predicted molar refractivity (Wildman–Crippen MR) is 126 cm³/mol. The van der Waals surface area contributed by atoms with Gasteiger partial charge in [-0.1, -0.05) is 15.9 Å². The molecule has 0 aliphatic rings. The van der Waals surface area contributed by atoms with E-state index in [2.05, 4.69) is 26.5 Å². The largest absolute Gasteiger partial charge is 0.493 e. The van der Waals surface area contributed by atoms with E-state index in [9.17, 15) is 9.59 Å². The van der Waals surface area contributed by atoms with Crippen molar-refractivity contribution in [2.75, 3.05) is 20.8 Å². The number of rotatable bonds is 9. The van der Waals surface area contributed by atoms with Crippen LogP contribution < -0.4 is 24.4 Å². The van der Waals surface area contributed by atoms with E-state index in [0.29, 0.717) is 34.1 Å². The van der Waals surface area contributed by atoms with E-state index in [0.717, 1.165) is 4.47 Å². The average molecular weight is 513 g/mol. The number of benzene rings is 3. The van der Waals surface area contributed by atoms with E-state index in [1.54, 1.807) is 54.6 Å². The maximum atomic E-state index is 12.4. The Labute approximate surface area is 199 Å². The zero-order valence-corrected chi connectivity index (χ0v) is 19.5. The summed E-state index contributed by atoms with van der Waals surface area (Å²) in [5, 5.41) is 3.90. The van der Waals surface area contributed by atoms with E-state index in [1.165, 1.54) is 20.4 Å². The topological polar surface area (TPSA) is 95.5 Å². The van der Waals surface area contributed by atoms with Crippen LogP contribution in [0.2, 0.25) is 0 Å². The molecule has 0 saturated carbocycles. The molecule has 170 valence electrons. The number of halogens is 1. The fraction of sp³-hybridized carbons (Fsp3) is 0.125. The van der Waals surface area contributed by atoms with E-state index >= 15 is 0 Å². The Balaban J connectivity index is 1.49. The van der Waals surface area contributed by atoms with Gasteiger partial charge in [0.2, 0.25) is 0 Å². The average Bonchev–Trinajstić information content (AvgIpc) is 2.84. The van der Waals surface area contributed by atoms with Crippen molar-refractivity contribution in [3.63, 3.8) is 0 Å². The summed E-state index contributed by atoms with van der Waals surface area (Å²) in [6, 6.07) is 18.6. The van der Waals surface area contributed by atoms with Crippen LogP contribution in [0.25, 0.3) is 0 Å². The van der Waals surface area contributed by atoms with Gasteiger partial charge in [0, 0.05) is 4.47 Å². The van der Waals surface area contributed by atoms with Gasteiger partial charge in [-0.05, 0) is 72.3 Å². The summed E-state index contributed by atoms with van der Waals surface area (Å²) in [4.78, 5) is 24.2. The Bertz CT molecular complexity index is 1130. The molecule has 3 aromatic carbocycles. The smallest absolute Gasteiger partial charge is 0.343 e. The van der Waals surface area contributed by atoms with Crippen LogP contribution >= 0.6 is 15.9 Å². The zero-order valence-electron chi connectivity index (χ0n) is 17.9. The lowest BCUT2D eigenvalue weighted by Crippen LogP contribution is -2.24. The van der Waals surface area contributed by atoms with Crippen molar-refractivity contribution >= 4 is 34.0 Å². The molecule has 0 atom stereocenters. The number of hydrogen-bond acceptors (Lipinski definition) is 7. The first kappa shape index (κ1) is 23.8. The molecule has 1 N–H and O–H groups in total. The first-order valence-corrected chi connectivity index (χ1v) is 10.5. The lowest BCUT2D eigenvalue weighted by atomic mass is 10.2. The third-order valence-electron chi connectivity index (χ3n) is 4.30. The van der Waals surface area contributed by atoms with Crippen molar-refractivity contribution in [3.05, 3.63) is 82.3 Å². The molecule has 0 spiro atoms. The molecule has 3 rings (SSSR count). The Morgan fingerprint density at radius 2 is 1.58 bits per heavy atom. The van der Waals surface area contributed by atoms with Crippen LogP contribution in [0.1, 0.15) is 15.9 Å². The van der Waals surface area contributed by atoms with Gasteiger partial charge in [-0.2, -0.15) is 5.10 Å². The van der Waals surface area contributed by atoms with Gasteiger partial charge in [0.05, 0.1) is 26.0 Å². The highest BCUT2D eigenvalue weighted by Gasteiger charge is 2.13. The molecule has 0 aliphatic heterocycles. The second-order valence-corrected chi connectivity index (χ2v) is 7.48. The van der Waals surface area contributed by atoms with Crippen molar-refractivity contribution in [2.24, 2.45) is 5.10 Å². The summed E-state index contributed by atoms with van der Waals surface area (Å²) in [6.07, 6.45) is 1.47. The van der Waals surface area contributed by atoms with Crippen LogP contribution in [-0.4, -0.2) is 38.9 Å². The highest BCUT2D eigenvalue weighted by molar-refractivity contribution is 9.10. The van der Waals surface area contributed by atoms with E-state index in [4.69, 9.17) is 18.9 Å². The lowest BCUT2D eigenvalue weighted by molar-refractivity contribution is -0.123. The van der Waals surface area contributed by atoms with Crippen molar-refractivity contribution in [2.45, 2.75) is 0 Å². The van der Waals surface area contributed by atoms with Crippen LogP contribution in [-0.2, 0) is 4.79 Å². The minimum atomic E-state index is -0.532. The molecule has 0 saturated heterocycles. The standard InChI is InChI=1S/C24H21BrN2O6/c1-30-21-12-5-17(13-22(21)31-2)24(29)33-20-8-3-16(4-9-20)14-26-27-23(28)15-32-19-10-6-18(25)7-11-19/h3-14H,15H2,1-2H3,(H,27,28)/b26-14+. The molecular weight excluding hydrogens is 492 g/mol.